The molecular formula is C19H29N3O4. The standard InChI is InChI=1S/C19H29N3O4/c1-13(2)11-21-18(23)10-15-12-26-17-6-5-14(9-16(17)22(15)3)19(24)20-7-8-25-4/h5-6,9,13,15H,7-8,10-12H2,1-4H3,(H,20,24)(H,21,23)/t15-/m1/s1. The average molecular weight is 363 g/mol. The van der Waals surface area contributed by atoms with Gasteiger partial charge in [-0.2, -0.15) is 0 Å². The Morgan fingerprint density at radius 3 is 2.81 bits per heavy atom. The largest absolute Gasteiger partial charge is 0.489 e. The molecule has 1 aliphatic rings. The first-order chi connectivity index (χ1) is 12.4. The zero-order chi connectivity index (χ0) is 19.1. The van der Waals surface area contributed by atoms with Crippen molar-refractivity contribution in [2.45, 2.75) is 26.3 Å². The molecule has 0 fully saturated rings. The van der Waals surface area contributed by atoms with Gasteiger partial charge in [0.1, 0.15) is 12.4 Å². The number of hydrogen-bond donors (Lipinski definition) is 2. The lowest BCUT2D eigenvalue weighted by molar-refractivity contribution is -0.121. The van der Waals surface area contributed by atoms with Gasteiger partial charge in [0.15, 0.2) is 0 Å². The van der Waals surface area contributed by atoms with Gasteiger partial charge in [0, 0.05) is 32.8 Å². The number of benzene rings is 1. The van der Waals surface area contributed by atoms with Crippen LogP contribution in [0.5, 0.6) is 5.75 Å². The number of rotatable bonds is 8. The van der Waals surface area contributed by atoms with Crippen molar-refractivity contribution in [2.24, 2.45) is 5.92 Å². The second kappa shape index (κ2) is 9.43. The number of likely N-dealkylation sites (N-methyl/N-ethyl adjacent to an activating group) is 1. The first-order valence-electron chi connectivity index (χ1n) is 8.96. The molecule has 1 aromatic carbocycles. The molecule has 26 heavy (non-hydrogen) atoms. The van der Waals surface area contributed by atoms with Crippen LogP contribution in [-0.2, 0) is 9.53 Å². The van der Waals surface area contributed by atoms with E-state index in [-0.39, 0.29) is 17.9 Å². The molecule has 0 bridgehead atoms. The van der Waals surface area contributed by atoms with Crippen molar-refractivity contribution >= 4 is 17.5 Å². The van der Waals surface area contributed by atoms with Gasteiger partial charge in [0.2, 0.25) is 5.91 Å². The number of nitrogens with zero attached hydrogens (tertiary/aromatic N) is 1. The van der Waals surface area contributed by atoms with Crippen LogP contribution in [0.4, 0.5) is 5.69 Å². The van der Waals surface area contributed by atoms with E-state index >= 15 is 0 Å². The van der Waals surface area contributed by atoms with E-state index in [4.69, 9.17) is 9.47 Å². The van der Waals surface area contributed by atoms with E-state index in [0.717, 1.165) is 11.4 Å². The minimum Gasteiger partial charge on any atom is -0.489 e. The van der Waals surface area contributed by atoms with Gasteiger partial charge in [-0.1, -0.05) is 13.8 Å². The molecule has 0 aliphatic carbocycles. The van der Waals surface area contributed by atoms with Crippen molar-refractivity contribution in [3.63, 3.8) is 0 Å². The van der Waals surface area contributed by atoms with Crippen LogP contribution in [0.25, 0.3) is 0 Å². The van der Waals surface area contributed by atoms with E-state index in [9.17, 15) is 9.59 Å². The Labute approximate surface area is 155 Å². The van der Waals surface area contributed by atoms with Crippen LogP contribution < -0.4 is 20.3 Å². The molecule has 0 spiro atoms. The summed E-state index contributed by atoms with van der Waals surface area (Å²) in [6.45, 7) is 6.15. The smallest absolute Gasteiger partial charge is 0.251 e. The number of amides is 2. The number of hydrogen-bond acceptors (Lipinski definition) is 5. The Bertz CT molecular complexity index is 633. The van der Waals surface area contributed by atoms with Crippen molar-refractivity contribution in [3.8, 4) is 5.75 Å². The van der Waals surface area contributed by atoms with Gasteiger partial charge in [-0.05, 0) is 24.1 Å². The Morgan fingerprint density at radius 2 is 2.12 bits per heavy atom. The van der Waals surface area contributed by atoms with Gasteiger partial charge in [-0.25, -0.2) is 0 Å². The SMILES string of the molecule is COCCNC(=O)c1ccc2c(c1)N(C)[C@H](CC(=O)NCC(C)C)CO2. The molecule has 0 saturated heterocycles. The van der Waals surface area contributed by atoms with Crippen molar-refractivity contribution in [1.82, 2.24) is 10.6 Å². The Kier molecular flexibility index (Phi) is 7.26. The predicted molar refractivity (Wildman–Crippen MR) is 101 cm³/mol. The number of ether oxygens (including phenoxy) is 2. The van der Waals surface area contributed by atoms with Gasteiger partial charge < -0.3 is 25.0 Å². The summed E-state index contributed by atoms with van der Waals surface area (Å²) in [5.74, 6) is 0.991. The van der Waals surface area contributed by atoms with Crippen LogP contribution in [0.15, 0.2) is 18.2 Å². The molecule has 2 N–H and O–H groups in total. The number of fused-ring (bicyclic) bond motifs is 1. The quantitative estimate of drug-likeness (QED) is 0.683. The van der Waals surface area contributed by atoms with Crippen LogP contribution in [0.2, 0.25) is 0 Å². The predicted octanol–water partition coefficient (Wildman–Crippen LogP) is 1.42. The molecule has 1 aliphatic heterocycles. The first-order valence-corrected chi connectivity index (χ1v) is 8.96. The van der Waals surface area contributed by atoms with Crippen LogP contribution in [0, 0.1) is 5.92 Å². The summed E-state index contributed by atoms with van der Waals surface area (Å²) in [6, 6.07) is 5.27. The summed E-state index contributed by atoms with van der Waals surface area (Å²) in [4.78, 5) is 26.4. The molecule has 144 valence electrons. The molecule has 2 rings (SSSR count). The van der Waals surface area contributed by atoms with E-state index in [1.807, 2.05) is 11.9 Å². The number of methoxy groups -OCH3 is 1. The van der Waals surface area contributed by atoms with Crippen LogP contribution >= 0.6 is 0 Å². The lowest BCUT2D eigenvalue weighted by Gasteiger charge is -2.35. The Morgan fingerprint density at radius 1 is 1.35 bits per heavy atom. The van der Waals surface area contributed by atoms with E-state index in [1.165, 1.54) is 0 Å². The Hall–Kier alpha value is -2.28. The molecule has 0 aromatic heterocycles. The molecule has 1 aromatic rings. The summed E-state index contributed by atoms with van der Waals surface area (Å²) < 4.78 is 10.7. The highest BCUT2D eigenvalue weighted by atomic mass is 16.5. The molecule has 7 heteroatoms. The third-order valence-corrected chi connectivity index (χ3v) is 4.30. The summed E-state index contributed by atoms with van der Waals surface area (Å²) in [6.07, 6.45) is 0.354. The fraction of sp³-hybridized carbons (Fsp3) is 0.579. The van der Waals surface area contributed by atoms with Gasteiger partial charge in [0.25, 0.3) is 5.91 Å². The molecule has 0 radical (unpaired) electrons. The van der Waals surface area contributed by atoms with Crippen molar-refractivity contribution < 1.29 is 19.1 Å². The summed E-state index contributed by atoms with van der Waals surface area (Å²) in [5.41, 5.74) is 1.37. The average Bonchev–Trinajstić information content (AvgIpc) is 2.62. The third kappa shape index (κ3) is 5.36. The second-order valence-electron chi connectivity index (χ2n) is 6.91. The number of carbonyl (C=O) groups excluding carboxylic acids is 2. The zero-order valence-electron chi connectivity index (χ0n) is 16.0. The molecular weight excluding hydrogens is 334 g/mol. The summed E-state index contributed by atoms with van der Waals surface area (Å²) in [5, 5.41) is 5.74. The van der Waals surface area contributed by atoms with E-state index in [1.54, 1.807) is 25.3 Å². The van der Waals surface area contributed by atoms with Crippen molar-refractivity contribution in [3.05, 3.63) is 23.8 Å². The van der Waals surface area contributed by atoms with Gasteiger partial charge >= 0.3 is 0 Å². The highest BCUT2D eigenvalue weighted by molar-refractivity contribution is 5.95. The monoisotopic (exact) mass is 363 g/mol. The van der Waals surface area contributed by atoms with Gasteiger partial charge in [0.05, 0.1) is 24.8 Å². The molecule has 2 amide bonds. The maximum atomic E-state index is 12.2. The highest BCUT2D eigenvalue weighted by Crippen LogP contribution is 2.34. The van der Waals surface area contributed by atoms with E-state index in [2.05, 4.69) is 24.5 Å². The number of nitrogens with one attached hydrogen (secondary N) is 2. The first kappa shape index (κ1) is 20.0. The fourth-order valence-electron chi connectivity index (χ4n) is 2.72. The van der Waals surface area contributed by atoms with E-state index < -0.39 is 0 Å². The maximum Gasteiger partial charge on any atom is 0.251 e. The summed E-state index contributed by atoms with van der Waals surface area (Å²) >= 11 is 0. The molecule has 7 nitrogen and oxygen atoms in total. The zero-order valence-corrected chi connectivity index (χ0v) is 16.0. The topological polar surface area (TPSA) is 79.9 Å². The van der Waals surface area contributed by atoms with E-state index in [0.29, 0.717) is 44.2 Å². The second-order valence-corrected chi connectivity index (χ2v) is 6.91. The number of carbonyl (C=O) groups is 2. The van der Waals surface area contributed by atoms with Crippen LogP contribution in [0.3, 0.4) is 0 Å². The lowest BCUT2D eigenvalue weighted by Crippen LogP contribution is -2.44. The fourth-order valence-corrected chi connectivity index (χ4v) is 2.72. The third-order valence-electron chi connectivity index (χ3n) is 4.30. The summed E-state index contributed by atoms with van der Waals surface area (Å²) in [7, 11) is 3.52. The molecule has 1 heterocycles. The minimum atomic E-state index is -0.157. The van der Waals surface area contributed by atoms with Crippen molar-refractivity contribution in [2.75, 3.05) is 45.4 Å². The normalized spacial score (nSPS) is 16.0. The molecule has 0 unspecified atom stereocenters. The molecule has 1 atom stereocenters. The van der Waals surface area contributed by atoms with Gasteiger partial charge in [-0.3, -0.25) is 9.59 Å². The Balaban J connectivity index is 2.03. The van der Waals surface area contributed by atoms with Crippen LogP contribution in [0.1, 0.15) is 30.6 Å². The lowest BCUT2D eigenvalue weighted by atomic mass is 10.1. The van der Waals surface area contributed by atoms with Crippen molar-refractivity contribution in [1.29, 1.82) is 0 Å². The van der Waals surface area contributed by atoms with Gasteiger partial charge in [-0.15, -0.1) is 0 Å². The highest BCUT2D eigenvalue weighted by Gasteiger charge is 2.27. The number of anilines is 1. The molecule has 0 saturated carbocycles. The minimum absolute atomic E-state index is 0.0102. The maximum absolute atomic E-state index is 12.2. The van der Waals surface area contributed by atoms with Crippen LogP contribution in [-0.4, -0.2) is 58.3 Å².